The average Bonchev–Trinajstić information content (AvgIpc) is 3.27. The second-order valence-electron chi connectivity index (χ2n) is 7.54. The Labute approximate surface area is 196 Å². The molecule has 0 aliphatic heterocycles. The first-order valence-corrected chi connectivity index (χ1v) is 11.1. The van der Waals surface area contributed by atoms with Crippen LogP contribution in [-0.2, 0) is 25.6 Å². The largest absolute Gasteiger partial charge is 0.480 e. The summed E-state index contributed by atoms with van der Waals surface area (Å²) in [5, 5.41) is 26.2. The lowest BCUT2D eigenvalue weighted by molar-refractivity contribution is -0.142. The molecule has 0 aromatic carbocycles. The zero-order valence-corrected chi connectivity index (χ0v) is 19.3. The summed E-state index contributed by atoms with van der Waals surface area (Å²) in [6.45, 7) is 1.73. The number of amides is 3. The van der Waals surface area contributed by atoms with Gasteiger partial charge in [0, 0.05) is 24.1 Å². The molecule has 1 aromatic heterocycles. The van der Waals surface area contributed by atoms with Crippen LogP contribution in [0.1, 0.15) is 31.9 Å². The fourth-order valence-corrected chi connectivity index (χ4v) is 3.10. The van der Waals surface area contributed by atoms with Crippen molar-refractivity contribution in [1.29, 1.82) is 0 Å². The maximum Gasteiger partial charge on any atom is 0.327 e. The predicted molar refractivity (Wildman–Crippen MR) is 122 cm³/mol. The van der Waals surface area contributed by atoms with Crippen molar-refractivity contribution in [2.24, 2.45) is 11.5 Å². The van der Waals surface area contributed by atoms with E-state index >= 15 is 0 Å². The van der Waals surface area contributed by atoms with Gasteiger partial charge in [0.2, 0.25) is 17.7 Å². The van der Waals surface area contributed by atoms with E-state index in [2.05, 4.69) is 38.5 Å². The first-order valence-electron chi connectivity index (χ1n) is 10.5. The minimum absolute atomic E-state index is 0.00956. The molecular weight excluding hydrogens is 454 g/mol. The predicted octanol–water partition coefficient (Wildman–Crippen LogP) is -2.74. The highest BCUT2D eigenvalue weighted by Crippen LogP contribution is 2.04. The topological polar surface area (TPSA) is 226 Å². The number of nitrogens with one attached hydrogen (secondary N) is 4. The molecule has 0 bridgehead atoms. The van der Waals surface area contributed by atoms with Crippen molar-refractivity contribution in [2.75, 3.05) is 12.3 Å². The number of aliphatic hydroxyl groups excluding tert-OH is 1. The number of imidazole rings is 1. The van der Waals surface area contributed by atoms with Crippen molar-refractivity contribution < 1.29 is 29.4 Å². The van der Waals surface area contributed by atoms with Gasteiger partial charge in [-0.1, -0.05) is 6.42 Å². The van der Waals surface area contributed by atoms with Gasteiger partial charge in [-0.05, 0) is 26.3 Å². The smallest absolute Gasteiger partial charge is 0.327 e. The van der Waals surface area contributed by atoms with Crippen molar-refractivity contribution in [3.63, 3.8) is 0 Å². The number of hydrogen-bond acceptors (Lipinski definition) is 9. The Kier molecular flexibility index (Phi) is 12.4. The number of aliphatic carboxylic acids is 1. The summed E-state index contributed by atoms with van der Waals surface area (Å²) in [5.74, 6) is -3.76. The summed E-state index contributed by atoms with van der Waals surface area (Å²) in [4.78, 5) is 55.8. The monoisotopic (exact) mass is 487 g/mol. The lowest BCUT2D eigenvalue weighted by Crippen LogP contribution is -2.60. The van der Waals surface area contributed by atoms with E-state index in [-0.39, 0.29) is 12.2 Å². The molecule has 1 rings (SSSR count). The maximum absolute atomic E-state index is 13.0. The van der Waals surface area contributed by atoms with Crippen molar-refractivity contribution in [3.05, 3.63) is 18.2 Å². The van der Waals surface area contributed by atoms with Crippen LogP contribution in [0.15, 0.2) is 12.5 Å². The number of H-pyrrole nitrogens is 1. The minimum Gasteiger partial charge on any atom is -0.480 e. The molecule has 14 heteroatoms. The van der Waals surface area contributed by atoms with Crippen LogP contribution in [0, 0.1) is 0 Å². The SMILES string of the molecule is CC(O)C(NC(=O)C(Cc1cnc[nH]1)NC(=O)C(N)CCCCN)C(=O)NC(CS)C(=O)O. The van der Waals surface area contributed by atoms with E-state index in [0.29, 0.717) is 31.5 Å². The van der Waals surface area contributed by atoms with Crippen LogP contribution in [0.25, 0.3) is 0 Å². The van der Waals surface area contributed by atoms with Gasteiger partial charge >= 0.3 is 5.97 Å². The summed E-state index contributed by atoms with van der Waals surface area (Å²) < 4.78 is 0. The molecule has 13 nitrogen and oxygen atoms in total. The molecule has 0 saturated carbocycles. The van der Waals surface area contributed by atoms with Gasteiger partial charge in [0.1, 0.15) is 18.1 Å². The Hall–Kier alpha value is -2.68. The van der Waals surface area contributed by atoms with Crippen molar-refractivity contribution >= 4 is 36.3 Å². The molecule has 186 valence electrons. The number of rotatable bonds is 15. The lowest BCUT2D eigenvalue weighted by Gasteiger charge is -2.26. The van der Waals surface area contributed by atoms with Crippen LogP contribution in [0.5, 0.6) is 0 Å². The van der Waals surface area contributed by atoms with Gasteiger partial charge in [0.15, 0.2) is 0 Å². The Morgan fingerprint density at radius 3 is 2.30 bits per heavy atom. The number of carboxylic acids is 1. The first-order chi connectivity index (χ1) is 15.6. The number of aliphatic hydroxyl groups is 1. The molecule has 0 spiro atoms. The maximum atomic E-state index is 13.0. The highest BCUT2D eigenvalue weighted by atomic mass is 32.1. The summed E-state index contributed by atoms with van der Waals surface area (Å²) in [6.07, 6.45) is 3.24. The first kappa shape index (κ1) is 28.4. The molecule has 33 heavy (non-hydrogen) atoms. The van der Waals surface area contributed by atoms with Gasteiger partial charge in [0.25, 0.3) is 0 Å². The van der Waals surface area contributed by atoms with Gasteiger partial charge < -0.3 is 42.6 Å². The molecular formula is C19H33N7O6S. The quantitative estimate of drug-likeness (QED) is 0.0922. The third-order valence-electron chi connectivity index (χ3n) is 4.78. The second kappa shape index (κ2) is 14.5. The Morgan fingerprint density at radius 1 is 1.12 bits per heavy atom. The molecule has 10 N–H and O–H groups in total. The molecule has 3 amide bonds. The van der Waals surface area contributed by atoms with Crippen LogP contribution < -0.4 is 27.4 Å². The third kappa shape index (κ3) is 9.77. The van der Waals surface area contributed by atoms with E-state index in [1.807, 2.05) is 0 Å². The number of carboxylic acid groups (broad SMARTS) is 1. The van der Waals surface area contributed by atoms with E-state index in [1.165, 1.54) is 19.4 Å². The highest BCUT2D eigenvalue weighted by molar-refractivity contribution is 7.80. The third-order valence-corrected chi connectivity index (χ3v) is 5.14. The van der Waals surface area contributed by atoms with Crippen LogP contribution >= 0.6 is 12.6 Å². The van der Waals surface area contributed by atoms with E-state index < -0.39 is 54.0 Å². The standard InChI is InChI=1S/C19H33N7O6S/c1-10(27)15(18(30)25-14(8-33)19(31)32)26-17(29)13(6-11-7-22-9-23-11)24-16(28)12(21)4-2-3-5-20/h7,9-10,12-15,27,33H,2-6,8,20-21H2,1H3,(H,22,23)(H,24,28)(H,25,30)(H,26,29)(H,31,32). The summed E-state index contributed by atoms with van der Waals surface area (Å²) in [6, 6.07) is -4.80. The number of nitrogens with zero attached hydrogens (tertiary/aromatic N) is 1. The molecule has 0 aliphatic carbocycles. The van der Waals surface area contributed by atoms with Crippen LogP contribution in [0.4, 0.5) is 0 Å². The number of carbonyl (C=O) groups excluding carboxylic acids is 3. The van der Waals surface area contributed by atoms with Gasteiger partial charge in [0.05, 0.1) is 18.5 Å². The molecule has 0 fully saturated rings. The summed E-state index contributed by atoms with van der Waals surface area (Å²) in [5.41, 5.74) is 11.9. The molecule has 1 heterocycles. The number of unbranched alkanes of at least 4 members (excludes halogenated alkanes) is 1. The van der Waals surface area contributed by atoms with E-state index in [1.54, 1.807) is 0 Å². The molecule has 0 saturated heterocycles. The molecule has 5 atom stereocenters. The van der Waals surface area contributed by atoms with Crippen LogP contribution in [-0.4, -0.2) is 86.4 Å². The number of aromatic amines is 1. The fourth-order valence-electron chi connectivity index (χ4n) is 2.85. The number of carbonyl (C=O) groups is 4. The van der Waals surface area contributed by atoms with E-state index in [9.17, 15) is 24.3 Å². The second-order valence-corrected chi connectivity index (χ2v) is 7.91. The minimum atomic E-state index is -1.47. The zero-order valence-electron chi connectivity index (χ0n) is 18.4. The molecule has 0 radical (unpaired) electrons. The normalized spacial score (nSPS) is 15.5. The summed E-state index contributed by atoms with van der Waals surface area (Å²) >= 11 is 3.87. The Bertz CT molecular complexity index is 777. The molecule has 5 unspecified atom stereocenters. The van der Waals surface area contributed by atoms with Gasteiger partial charge in [-0.3, -0.25) is 14.4 Å². The van der Waals surface area contributed by atoms with Gasteiger partial charge in [-0.25, -0.2) is 9.78 Å². The van der Waals surface area contributed by atoms with E-state index in [4.69, 9.17) is 16.6 Å². The number of aromatic nitrogens is 2. The van der Waals surface area contributed by atoms with Gasteiger partial charge in [-0.2, -0.15) is 12.6 Å². The van der Waals surface area contributed by atoms with Crippen LogP contribution in [0.3, 0.4) is 0 Å². The highest BCUT2D eigenvalue weighted by Gasteiger charge is 2.32. The van der Waals surface area contributed by atoms with Gasteiger partial charge in [-0.15, -0.1) is 0 Å². The lowest BCUT2D eigenvalue weighted by atomic mass is 10.1. The van der Waals surface area contributed by atoms with Crippen molar-refractivity contribution in [2.45, 2.75) is 62.9 Å². The van der Waals surface area contributed by atoms with Crippen LogP contribution in [0.2, 0.25) is 0 Å². The number of thiol groups is 1. The molecule has 0 aliphatic rings. The van der Waals surface area contributed by atoms with E-state index in [0.717, 1.165) is 0 Å². The average molecular weight is 488 g/mol. The van der Waals surface area contributed by atoms with Crippen molar-refractivity contribution in [1.82, 2.24) is 25.9 Å². The Morgan fingerprint density at radius 2 is 1.79 bits per heavy atom. The number of hydrogen-bond donors (Lipinski definition) is 9. The Balaban J connectivity index is 2.94. The summed E-state index contributed by atoms with van der Waals surface area (Å²) in [7, 11) is 0. The fraction of sp³-hybridized carbons (Fsp3) is 0.632. The number of nitrogens with two attached hydrogens (primary N) is 2. The zero-order chi connectivity index (χ0) is 25.0. The van der Waals surface area contributed by atoms with Crippen molar-refractivity contribution in [3.8, 4) is 0 Å². The molecule has 1 aromatic rings.